The number of nitrogens with zero attached hydrogens (tertiary/aromatic N) is 2. The summed E-state index contributed by atoms with van der Waals surface area (Å²) >= 11 is 6.00. The van der Waals surface area contributed by atoms with Gasteiger partial charge in [0.2, 0.25) is 5.22 Å². The number of carboxylic acids is 1. The summed E-state index contributed by atoms with van der Waals surface area (Å²) in [5.74, 6) is -0.238. The van der Waals surface area contributed by atoms with Crippen LogP contribution in [-0.2, 0) is 11.3 Å². The van der Waals surface area contributed by atoms with E-state index in [0.717, 1.165) is 11.0 Å². The molecule has 0 fully saturated rings. The number of benzene rings is 1. The first-order chi connectivity index (χ1) is 9.66. The first-order valence-corrected chi connectivity index (χ1v) is 6.45. The summed E-state index contributed by atoms with van der Waals surface area (Å²) in [6, 6.07) is 9.28. The molecule has 1 aromatic carbocycles. The second-order valence-electron chi connectivity index (χ2n) is 4.33. The molecule has 0 bridgehead atoms. The van der Waals surface area contributed by atoms with Crippen molar-refractivity contribution in [3.63, 3.8) is 0 Å². The summed E-state index contributed by atoms with van der Waals surface area (Å²) in [6.07, 6.45) is 1.50. The number of halogens is 1. The van der Waals surface area contributed by atoms with Crippen molar-refractivity contribution in [3.05, 3.63) is 41.8 Å². The number of hydrogen-bond donors (Lipinski definition) is 1. The number of aliphatic carboxylic acids is 1. The number of carboxylic acid groups (broad SMARTS) is 1. The molecule has 0 saturated carbocycles. The van der Waals surface area contributed by atoms with Crippen molar-refractivity contribution in [1.82, 2.24) is 9.55 Å². The highest BCUT2D eigenvalue weighted by molar-refractivity contribution is 6.31. The maximum Gasteiger partial charge on any atom is 0.305 e. The largest absolute Gasteiger partial charge is 0.481 e. The molecule has 0 atom stereocenters. The van der Waals surface area contributed by atoms with Crippen LogP contribution in [0.3, 0.4) is 0 Å². The second-order valence-corrected chi connectivity index (χ2v) is 4.67. The van der Waals surface area contributed by atoms with Crippen LogP contribution in [-0.4, -0.2) is 20.6 Å². The molecule has 3 rings (SSSR count). The lowest BCUT2D eigenvalue weighted by Crippen LogP contribution is -2.06. The molecule has 102 valence electrons. The topological polar surface area (TPSA) is 68.3 Å². The summed E-state index contributed by atoms with van der Waals surface area (Å²) in [5.41, 5.74) is 2.33. The van der Waals surface area contributed by atoms with Crippen LogP contribution in [0.2, 0.25) is 5.22 Å². The molecule has 20 heavy (non-hydrogen) atoms. The smallest absolute Gasteiger partial charge is 0.305 e. The molecule has 2 aromatic heterocycles. The lowest BCUT2D eigenvalue weighted by molar-refractivity contribution is -0.137. The Hall–Kier alpha value is -2.27. The molecule has 0 aliphatic rings. The Kier molecular flexibility index (Phi) is 3.20. The number of imidazole rings is 1. The summed E-state index contributed by atoms with van der Waals surface area (Å²) in [5, 5.41) is 9.13. The van der Waals surface area contributed by atoms with Gasteiger partial charge in [0.25, 0.3) is 0 Å². The van der Waals surface area contributed by atoms with Gasteiger partial charge in [0.15, 0.2) is 0 Å². The molecule has 3 aromatic rings. The van der Waals surface area contributed by atoms with Gasteiger partial charge in [-0.15, -0.1) is 0 Å². The van der Waals surface area contributed by atoms with E-state index < -0.39 is 5.97 Å². The number of para-hydroxylation sites is 2. The molecule has 0 aliphatic heterocycles. The first-order valence-electron chi connectivity index (χ1n) is 6.07. The highest BCUT2D eigenvalue weighted by Crippen LogP contribution is 2.31. The van der Waals surface area contributed by atoms with E-state index in [1.54, 1.807) is 6.07 Å². The van der Waals surface area contributed by atoms with E-state index in [4.69, 9.17) is 21.1 Å². The van der Waals surface area contributed by atoms with Crippen LogP contribution in [0.4, 0.5) is 0 Å². The van der Waals surface area contributed by atoms with E-state index >= 15 is 0 Å². The summed E-state index contributed by atoms with van der Waals surface area (Å²) < 4.78 is 6.94. The highest BCUT2D eigenvalue weighted by atomic mass is 35.5. The van der Waals surface area contributed by atoms with Crippen molar-refractivity contribution < 1.29 is 14.3 Å². The number of aromatic nitrogens is 2. The van der Waals surface area contributed by atoms with Gasteiger partial charge < -0.3 is 14.1 Å². The average molecular weight is 291 g/mol. The lowest BCUT2D eigenvalue weighted by atomic mass is 10.3. The maximum absolute atomic E-state index is 10.8. The molecule has 2 heterocycles. The van der Waals surface area contributed by atoms with E-state index in [2.05, 4.69) is 4.98 Å². The molecule has 0 spiro atoms. The van der Waals surface area contributed by atoms with Crippen molar-refractivity contribution in [1.29, 1.82) is 0 Å². The molecule has 0 saturated heterocycles. The van der Waals surface area contributed by atoms with Gasteiger partial charge >= 0.3 is 5.97 Å². The van der Waals surface area contributed by atoms with E-state index in [1.807, 2.05) is 28.8 Å². The Labute approximate surface area is 119 Å². The highest BCUT2D eigenvalue weighted by Gasteiger charge is 2.17. The van der Waals surface area contributed by atoms with Crippen molar-refractivity contribution in [3.8, 4) is 11.4 Å². The van der Waals surface area contributed by atoms with Crippen LogP contribution in [0, 0.1) is 0 Å². The Balaban J connectivity index is 2.17. The fourth-order valence-corrected chi connectivity index (χ4v) is 2.37. The third kappa shape index (κ3) is 2.16. The number of rotatable bonds is 4. The van der Waals surface area contributed by atoms with Gasteiger partial charge in [-0.05, 0) is 29.8 Å². The molecule has 6 heteroatoms. The third-order valence-corrected chi connectivity index (χ3v) is 3.36. The molecule has 1 N–H and O–H groups in total. The first kappa shape index (κ1) is 12.7. The molecule has 0 amide bonds. The molecule has 0 unspecified atom stereocenters. The monoisotopic (exact) mass is 290 g/mol. The second kappa shape index (κ2) is 5.02. The van der Waals surface area contributed by atoms with Gasteiger partial charge in [0, 0.05) is 6.54 Å². The Bertz CT molecular complexity index is 776. The Morgan fingerprint density at radius 3 is 2.85 bits per heavy atom. The SMILES string of the molecule is O=C(O)CCn1c(-c2ccoc2Cl)nc2ccccc21. The van der Waals surface area contributed by atoms with Crippen LogP contribution in [0.25, 0.3) is 22.4 Å². The van der Waals surface area contributed by atoms with Crippen molar-refractivity contribution >= 4 is 28.6 Å². The Morgan fingerprint density at radius 2 is 2.15 bits per heavy atom. The van der Waals surface area contributed by atoms with Crippen LogP contribution in [0.1, 0.15) is 6.42 Å². The van der Waals surface area contributed by atoms with Crippen LogP contribution < -0.4 is 0 Å². The van der Waals surface area contributed by atoms with Gasteiger partial charge in [-0.3, -0.25) is 4.79 Å². The zero-order chi connectivity index (χ0) is 14.1. The van der Waals surface area contributed by atoms with E-state index in [0.29, 0.717) is 17.9 Å². The lowest BCUT2D eigenvalue weighted by Gasteiger charge is -2.06. The normalized spacial score (nSPS) is 11.1. The van der Waals surface area contributed by atoms with Crippen molar-refractivity contribution in [2.24, 2.45) is 0 Å². The fraction of sp³-hybridized carbons (Fsp3) is 0.143. The maximum atomic E-state index is 10.8. The minimum absolute atomic E-state index is 0.0167. The number of furan rings is 1. The van der Waals surface area contributed by atoms with Crippen molar-refractivity contribution in [2.45, 2.75) is 13.0 Å². The standard InChI is InChI=1S/C14H11ClN2O3/c15-13-9(6-8-20-13)14-16-10-3-1-2-4-11(10)17(14)7-5-12(18)19/h1-4,6,8H,5,7H2,(H,18,19). The quantitative estimate of drug-likeness (QED) is 0.799. The van der Waals surface area contributed by atoms with Gasteiger partial charge in [0.05, 0.1) is 29.3 Å². The van der Waals surface area contributed by atoms with Crippen LogP contribution in [0.5, 0.6) is 0 Å². The van der Waals surface area contributed by atoms with Crippen LogP contribution in [0.15, 0.2) is 41.0 Å². The van der Waals surface area contributed by atoms with Gasteiger partial charge in [-0.1, -0.05) is 12.1 Å². The molecule has 5 nitrogen and oxygen atoms in total. The third-order valence-electron chi connectivity index (χ3n) is 3.06. The number of aryl methyl sites for hydroxylation is 1. The van der Waals surface area contributed by atoms with Crippen molar-refractivity contribution in [2.75, 3.05) is 0 Å². The van der Waals surface area contributed by atoms with Crippen LogP contribution >= 0.6 is 11.6 Å². The fourth-order valence-electron chi connectivity index (χ4n) is 2.17. The number of carbonyl (C=O) groups is 1. The predicted molar refractivity (Wildman–Crippen MR) is 74.7 cm³/mol. The molecular weight excluding hydrogens is 280 g/mol. The van der Waals surface area contributed by atoms with Gasteiger partial charge in [-0.25, -0.2) is 4.98 Å². The molecular formula is C14H11ClN2O3. The zero-order valence-corrected chi connectivity index (χ0v) is 11.2. The van der Waals surface area contributed by atoms with E-state index in [-0.39, 0.29) is 11.6 Å². The van der Waals surface area contributed by atoms with E-state index in [1.165, 1.54) is 6.26 Å². The summed E-state index contributed by atoms with van der Waals surface area (Å²) in [7, 11) is 0. The minimum atomic E-state index is -0.855. The number of fused-ring (bicyclic) bond motifs is 1. The van der Waals surface area contributed by atoms with Gasteiger partial charge in [-0.2, -0.15) is 0 Å². The van der Waals surface area contributed by atoms with E-state index in [9.17, 15) is 4.79 Å². The summed E-state index contributed by atoms with van der Waals surface area (Å²) in [4.78, 5) is 15.3. The molecule has 0 radical (unpaired) electrons. The predicted octanol–water partition coefficient (Wildman–Crippen LogP) is 3.42. The Morgan fingerprint density at radius 1 is 1.35 bits per heavy atom. The summed E-state index contributed by atoms with van der Waals surface area (Å²) in [6.45, 7) is 0.326. The zero-order valence-electron chi connectivity index (χ0n) is 10.4. The van der Waals surface area contributed by atoms with Gasteiger partial charge in [0.1, 0.15) is 5.82 Å². The number of hydrogen-bond acceptors (Lipinski definition) is 3. The molecule has 0 aliphatic carbocycles. The average Bonchev–Trinajstić information content (AvgIpc) is 2.99. The minimum Gasteiger partial charge on any atom is -0.481 e.